The summed E-state index contributed by atoms with van der Waals surface area (Å²) in [5.41, 5.74) is 0.522. The minimum Gasteiger partial charge on any atom is -0.292 e. The number of aryl methyl sites for hydroxylation is 1. The van der Waals surface area contributed by atoms with Crippen molar-refractivity contribution in [2.45, 2.75) is 39.0 Å². The number of Topliss-reactive ketones (excluding diaryl/α,β-unsaturated/α-hetero) is 1. The molecule has 82 valence electrons. The quantitative estimate of drug-likeness (QED) is 0.712. The summed E-state index contributed by atoms with van der Waals surface area (Å²) in [6, 6.07) is 0. The third kappa shape index (κ3) is 1.58. The first-order valence-corrected chi connectivity index (χ1v) is 5.59. The molecule has 1 fully saturated rings. The Morgan fingerprint density at radius 1 is 1.53 bits per heavy atom. The van der Waals surface area contributed by atoms with Crippen LogP contribution in [0.2, 0.25) is 0 Å². The van der Waals surface area contributed by atoms with Crippen molar-refractivity contribution in [2.24, 2.45) is 12.5 Å². The van der Waals surface area contributed by atoms with Gasteiger partial charge in [-0.25, -0.2) is 4.68 Å². The van der Waals surface area contributed by atoms with Crippen LogP contribution in [-0.2, 0) is 7.05 Å². The highest BCUT2D eigenvalue weighted by Gasteiger charge is 2.40. The maximum absolute atomic E-state index is 12.4. The third-order valence-corrected chi connectivity index (χ3v) is 3.67. The Kier molecular flexibility index (Phi) is 2.59. The molecule has 4 nitrogen and oxygen atoms in total. The van der Waals surface area contributed by atoms with Crippen molar-refractivity contribution in [1.29, 1.82) is 0 Å². The minimum absolute atomic E-state index is 0.129. The van der Waals surface area contributed by atoms with Gasteiger partial charge in [-0.15, -0.1) is 5.10 Å². The second-order valence-electron chi connectivity index (χ2n) is 4.41. The molecule has 0 saturated heterocycles. The zero-order chi connectivity index (χ0) is 10.9. The maximum atomic E-state index is 12.4. The van der Waals surface area contributed by atoms with E-state index in [4.69, 9.17) is 0 Å². The Morgan fingerprint density at radius 2 is 2.20 bits per heavy atom. The Balaban J connectivity index is 2.30. The third-order valence-electron chi connectivity index (χ3n) is 3.67. The van der Waals surface area contributed by atoms with Crippen LogP contribution < -0.4 is 0 Å². The van der Waals surface area contributed by atoms with Crippen LogP contribution in [0.4, 0.5) is 0 Å². The van der Waals surface area contributed by atoms with Crippen LogP contribution in [0.3, 0.4) is 0 Å². The molecule has 1 aliphatic carbocycles. The maximum Gasteiger partial charge on any atom is 0.188 e. The van der Waals surface area contributed by atoms with Crippen LogP contribution >= 0.6 is 0 Å². The highest BCUT2D eigenvalue weighted by Crippen LogP contribution is 2.43. The smallest absolute Gasteiger partial charge is 0.188 e. The van der Waals surface area contributed by atoms with E-state index in [9.17, 15) is 4.79 Å². The average Bonchev–Trinajstić information content (AvgIpc) is 2.86. The van der Waals surface area contributed by atoms with Crippen molar-refractivity contribution in [3.05, 3.63) is 11.9 Å². The van der Waals surface area contributed by atoms with Crippen molar-refractivity contribution >= 4 is 5.78 Å². The van der Waals surface area contributed by atoms with Crippen LogP contribution in [-0.4, -0.2) is 20.8 Å². The van der Waals surface area contributed by atoms with E-state index in [1.165, 1.54) is 12.8 Å². The lowest BCUT2D eigenvalue weighted by molar-refractivity contribution is 0.0780. The van der Waals surface area contributed by atoms with Gasteiger partial charge in [0.05, 0.1) is 6.20 Å². The van der Waals surface area contributed by atoms with Gasteiger partial charge in [0.25, 0.3) is 0 Å². The van der Waals surface area contributed by atoms with Crippen molar-refractivity contribution in [1.82, 2.24) is 15.0 Å². The normalized spacial score (nSPS) is 19.3. The Labute approximate surface area is 89.7 Å². The topological polar surface area (TPSA) is 47.8 Å². The van der Waals surface area contributed by atoms with E-state index in [1.807, 2.05) is 0 Å². The van der Waals surface area contributed by atoms with Gasteiger partial charge in [0, 0.05) is 12.5 Å². The summed E-state index contributed by atoms with van der Waals surface area (Å²) in [5, 5.41) is 7.59. The first kappa shape index (κ1) is 10.3. The molecule has 2 rings (SSSR count). The fraction of sp³-hybridized carbons (Fsp3) is 0.727. The zero-order valence-corrected chi connectivity index (χ0v) is 9.36. The molecule has 1 aromatic heterocycles. The van der Waals surface area contributed by atoms with E-state index in [0.717, 1.165) is 19.3 Å². The summed E-state index contributed by atoms with van der Waals surface area (Å²) in [6.45, 7) is 2.10. The van der Waals surface area contributed by atoms with E-state index in [-0.39, 0.29) is 11.2 Å². The number of hydrogen-bond donors (Lipinski definition) is 0. The lowest BCUT2D eigenvalue weighted by atomic mass is 9.78. The van der Waals surface area contributed by atoms with Gasteiger partial charge in [-0.05, 0) is 19.3 Å². The number of ketones is 1. The second-order valence-corrected chi connectivity index (χ2v) is 4.41. The number of aromatic nitrogens is 3. The van der Waals surface area contributed by atoms with E-state index in [1.54, 1.807) is 17.9 Å². The fourth-order valence-electron chi connectivity index (χ4n) is 2.56. The van der Waals surface area contributed by atoms with Crippen LogP contribution in [0.5, 0.6) is 0 Å². The summed E-state index contributed by atoms with van der Waals surface area (Å²) in [4.78, 5) is 12.4. The van der Waals surface area contributed by atoms with Crippen molar-refractivity contribution in [3.8, 4) is 0 Å². The molecule has 0 unspecified atom stereocenters. The Bertz CT molecular complexity index is 364. The minimum atomic E-state index is -0.129. The number of rotatable bonds is 3. The van der Waals surface area contributed by atoms with Crippen LogP contribution in [0.25, 0.3) is 0 Å². The average molecular weight is 207 g/mol. The molecule has 0 bridgehead atoms. The summed E-state index contributed by atoms with van der Waals surface area (Å²) in [7, 11) is 1.78. The Morgan fingerprint density at radius 3 is 2.67 bits per heavy atom. The van der Waals surface area contributed by atoms with E-state index >= 15 is 0 Å². The molecular weight excluding hydrogens is 190 g/mol. The molecule has 0 spiro atoms. The number of carbonyl (C=O) groups excluding carboxylic acids is 1. The number of hydrogen-bond acceptors (Lipinski definition) is 3. The molecule has 0 N–H and O–H groups in total. The monoisotopic (exact) mass is 207 g/mol. The van der Waals surface area contributed by atoms with Crippen molar-refractivity contribution < 1.29 is 4.79 Å². The molecule has 0 aliphatic heterocycles. The van der Waals surface area contributed by atoms with Crippen LogP contribution in [0.1, 0.15) is 49.5 Å². The summed E-state index contributed by atoms with van der Waals surface area (Å²) in [6.07, 6.45) is 6.89. The fourth-order valence-corrected chi connectivity index (χ4v) is 2.56. The van der Waals surface area contributed by atoms with Gasteiger partial charge < -0.3 is 0 Å². The molecule has 0 radical (unpaired) electrons. The van der Waals surface area contributed by atoms with Crippen molar-refractivity contribution in [2.75, 3.05) is 0 Å². The first-order chi connectivity index (χ1) is 7.19. The van der Waals surface area contributed by atoms with Gasteiger partial charge in [-0.2, -0.15) is 0 Å². The molecule has 4 heteroatoms. The summed E-state index contributed by atoms with van der Waals surface area (Å²) < 4.78 is 1.58. The van der Waals surface area contributed by atoms with E-state index in [2.05, 4.69) is 17.2 Å². The van der Waals surface area contributed by atoms with Crippen molar-refractivity contribution in [3.63, 3.8) is 0 Å². The molecule has 0 amide bonds. The lowest BCUT2D eigenvalue weighted by Gasteiger charge is -2.25. The molecule has 1 aromatic rings. The highest BCUT2D eigenvalue weighted by atomic mass is 16.1. The summed E-state index contributed by atoms with van der Waals surface area (Å²) >= 11 is 0. The van der Waals surface area contributed by atoms with E-state index in [0.29, 0.717) is 5.69 Å². The van der Waals surface area contributed by atoms with Gasteiger partial charge in [0.15, 0.2) is 5.78 Å². The van der Waals surface area contributed by atoms with Crippen LogP contribution in [0.15, 0.2) is 6.20 Å². The standard InChI is InChI=1S/C11H17N3O/c1-3-11(6-4-5-7-11)10(15)9-8-12-13-14(9)2/h8H,3-7H2,1-2H3. The molecule has 1 aliphatic rings. The second kappa shape index (κ2) is 3.76. The lowest BCUT2D eigenvalue weighted by Crippen LogP contribution is -2.29. The van der Waals surface area contributed by atoms with Gasteiger partial charge in [0.2, 0.25) is 0 Å². The largest absolute Gasteiger partial charge is 0.292 e. The first-order valence-electron chi connectivity index (χ1n) is 5.59. The molecule has 15 heavy (non-hydrogen) atoms. The van der Waals surface area contributed by atoms with E-state index < -0.39 is 0 Å². The SMILES string of the molecule is CCC1(C(=O)c2cnnn2C)CCCC1. The molecule has 0 atom stereocenters. The zero-order valence-electron chi connectivity index (χ0n) is 9.36. The van der Waals surface area contributed by atoms with Gasteiger partial charge >= 0.3 is 0 Å². The number of carbonyl (C=O) groups is 1. The molecule has 1 heterocycles. The molecule has 0 aromatic carbocycles. The summed E-state index contributed by atoms with van der Waals surface area (Å²) in [5.74, 6) is 0.231. The predicted octanol–water partition coefficient (Wildman–Crippen LogP) is 1.97. The van der Waals surface area contributed by atoms with Gasteiger partial charge in [0.1, 0.15) is 5.69 Å². The van der Waals surface area contributed by atoms with Gasteiger partial charge in [-0.1, -0.05) is 25.0 Å². The highest BCUT2D eigenvalue weighted by molar-refractivity contribution is 5.99. The predicted molar refractivity (Wildman–Crippen MR) is 56.5 cm³/mol. The van der Waals surface area contributed by atoms with Gasteiger partial charge in [-0.3, -0.25) is 4.79 Å². The van der Waals surface area contributed by atoms with Crippen LogP contribution in [0, 0.1) is 5.41 Å². The Hall–Kier alpha value is -1.19. The molecular formula is C11H17N3O. The molecule has 1 saturated carbocycles. The number of nitrogens with zero attached hydrogens (tertiary/aromatic N) is 3.